The molecule has 1 saturated carbocycles. The van der Waals surface area contributed by atoms with Gasteiger partial charge >= 0.3 is 6.18 Å². The van der Waals surface area contributed by atoms with E-state index in [1.165, 1.54) is 12.7 Å². The summed E-state index contributed by atoms with van der Waals surface area (Å²) in [7, 11) is -2.27. The van der Waals surface area contributed by atoms with Gasteiger partial charge in [-0.05, 0) is 85.0 Å². The van der Waals surface area contributed by atoms with Gasteiger partial charge < -0.3 is 4.57 Å². The summed E-state index contributed by atoms with van der Waals surface area (Å²) in [6, 6.07) is 9.15. The van der Waals surface area contributed by atoms with Crippen LogP contribution in [-0.2, 0) is 41.8 Å². The highest BCUT2D eigenvalue weighted by Gasteiger charge is 2.49. The molecule has 1 aliphatic carbocycles. The molecule has 2 fully saturated rings. The Balaban J connectivity index is 1.39. The number of hydrogen-bond donors (Lipinski definition) is 0. The quantitative estimate of drug-likeness (QED) is 0.404. The number of alkyl halides is 3. The summed E-state index contributed by atoms with van der Waals surface area (Å²) in [5.74, 6) is 1.47. The summed E-state index contributed by atoms with van der Waals surface area (Å²) in [6.07, 6.45) is 0.413. The van der Waals surface area contributed by atoms with Crippen LogP contribution in [0.1, 0.15) is 67.6 Å². The van der Waals surface area contributed by atoms with Gasteiger partial charge in [-0.3, -0.25) is 9.21 Å². The first kappa shape index (κ1) is 27.3. The van der Waals surface area contributed by atoms with Crippen molar-refractivity contribution >= 4 is 15.7 Å². The number of piperidine rings is 1. The van der Waals surface area contributed by atoms with Crippen molar-refractivity contribution in [2.24, 2.45) is 18.9 Å². The third kappa shape index (κ3) is 4.60. The minimum atomic E-state index is -4.64. The van der Waals surface area contributed by atoms with Crippen molar-refractivity contribution in [3.05, 3.63) is 70.8 Å². The molecule has 1 aromatic heterocycles. The molecule has 3 aliphatic rings. The van der Waals surface area contributed by atoms with Crippen molar-refractivity contribution in [2.45, 2.75) is 69.1 Å². The maximum absolute atomic E-state index is 14.2. The van der Waals surface area contributed by atoms with Crippen molar-refractivity contribution in [2.75, 3.05) is 17.4 Å². The highest BCUT2D eigenvalue weighted by molar-refractivity contribution is 7.93. The number of fused-ring (bicyclic) bond motifs is 1. The first-order valence-corrected chi connectivity index (χ1v) is 15.2. The summed E-state index contributed by atoms with van der Waals surface area (Å²) in [4.78, 5) is 2.51. The monoisotopic (exact) mass is 573 g/mol. The average Bonchev–Trinajstić information content (AvgIpc) is 3.41. The zero-order chi connectivity index (χ0) is 28.4. The Morgan fingerprint density at radius 1 is 1.07 bits per heavy atom. The summed E-state index contributed by atoms with van der Waals surface area (Å²) >= 11 is 0. The van der Waals surface area contributed by atoms with Crippen LogP contribution in [0.15, 0.2) is 47.6 Å². The Kier molecular flexibility index (Phi) is 6.53. The van der Waals surface area contributed by atoms with E-state index in [0.29, 0.717) is 42.3 Å². The molecule has 11 heteroatoms. The zero-order valence-electron chi connectivity index (χ0n) is 22.9. The Morgan fingerprint density at radius 3 is 2.50 bits per heavy atom. The molecule has 0 spiro atoms. The largest absolute Gasteiger partial charge is 0.416 e. The highest BCUT2D eigenvalue weighted by atomic mass is 32.2. The lowest BCUT2D eigenvalue weighted by molar-refractivity contribution is -0.137. The maximum atomic E-state index is 14.2. The van der Waals surface area contributed by atoms with Gasteiger partial charge in [0, 0.05) is 20.1 Å². The predicted octanol–water partition coefficient (Wildman–Crippen LogP) is 5.49. The molecule has 0 amide bonds. The minimum Gasteiger partial charge on any atom is -0.320 e. The van der Waals surface area contributed by atoms with Gasteiger partial charge in [-0.15, -0.1) is 10.2 Å². The van der Waals surface area contributed by atoms with E-state index in [1.807, 2.05) is 13.0 Å². The molecule has 7 nitrogen and oxygen atoms in total. The molecule has 1 atom stereocenters. The number of benzene rings is 2. The third-order valence-electron chi connectivity index (χ3n) is 8.78. The molecule has 0 bridgehead atoms. The molecule has 3 aromatic rings. The summed E-state index contributed by atoms with van der Waals surface area (Å²) < 4.78 is 73.1. The second-order valence-corrected chi connectivity index (χ2v) is 13.9. The second kappa shape index (κ2) is 9.58. The standard InChI is InChI=1S/C29H34F3N5O2S/c1-19-5-4-8-36(15-19)16-21-6-7-22-17-37(40(38,39)26(22)9-21)25-11-23(10-24(12-25)29(30,31)32)28(13-20(2)14-28)27-34-33-18-35(27)3/h6-7,9-12,18-20H,4-5,8,13-17H2,1-3H3/t19-,20?,28?/m0/s1. The first-order chi connectivity index (χ1) is 18.9. The molecule has 0 radical (unpaired) electrons. The van der Waals surface area contributed by atoms with Crippen molar-refractivity contribution in [3.63, 3.8) is 0 Å². The number of halogens is 3. The minimum absolute atomic E-state index is 0.00713. The van der Waals surface area contributed by atoms with E-state index in [4.69, 9.17) is 0 Å². The molecule has 40 heavy (non-hydrogen) atoms. The number of nitrogens with zero attached hydrogens (tertiary/aromatic N) is 5. The van der Waals surface area contributed by atoms with E-state index in [0.717, 1.165) is 41.5 Å². The number of sulfonamides is 1. The van der Waals surface area contributed by atoms with Crippen molar-refractivity contribution in [1.82, 2.24) is 19.7 Å². The van der Waals surface area contributed by atoms with E-state index in [2.05, 4.69) is 22.0 Å². The number of anilines is 1. The molecular weight excluding hydrogens is 539 g/mol. The van der Waals surface area contributed by atoms with Crippen LogP contribution in [-0.4, -0.2) is 41.2 Å². The Hall–Kier alpha value is -2.92. The zero-order valence-corrected chi connectivity index (χ0v) is 23.8. The Bertz CT molecular complexity index is 1550. The molecular formula is C29H34F3N5O2S. The predicted molar refractivity (Wildman–Crippen MR) is 145 cm³/mol. The van der Waals surface area contributed by atoms with Gasteiger partial charge in [0.25, 0.3) is 10.0 Å². The van der Waals surface area contributed by atoms with Crippen LogP contribution < -0.4 is 4.31 Å². The fraction of sp³-hybridized carbons (Fsp3) is 0.517. The van der Waals surface area contributed by atoms with Crippen LogP contribution in [0.4, 0.5) is 18.9 Å². The maximum Gasteiger partial charge on any atom is 0.416 e. The van der Waals surface area contributed by atoms with Gasteiger partial charge in [-0.1, -0.05) is 26.0 Å². The van der Waals surface area contributed by atoms with Crippen LogP contribution in [0.2, 0.25) is 0 Å². The normalized spacial score (nSPS) is 26.5. The summed E-state index contributed by atoms with van der Waals surface area (Å²) in [5, 5.41) is 8.24. The van der Waals surface area contributed by atoms with Gasteiger partial charge in [0.1, 0.15) is 12.2 Å². The molecule has 6 rings (SSSR count). The van der Waals surface area contributed by atoms with Gasteiger partial charge in [-0.2, -0.15) is 13.2 Å². The highest BCUT2D eigenvalue weighted by Crippen LogP contribution is 2.53. The Labute approximate surface area is 233 Å². The lowest BCUT2D eigenvalue weighted by Gasteiger charge is -2.46. The molecule has 3 heterocycles. The summed E-state index contributed by atoms with van der Waals surface area (Å²) in [6.45, 7) is 6.85. The number of likely N-dealkylation sites (tertiary alicyclic amines) is 1. The van der Waals surface area contributed by atoms with Crippen molar-refractivity contribution in [1.29, 1.82) is 0 Å². The fourth-order valence-corrected chi connectivity index (χ4v) is 8.63. The van der Waals surface area contributed by atoms with Crippen LogP contribution in [0, 0.1) is 11.8 Å². The molecule has 0 unspecified atom stereocenters. The van der Waals surface area contributed by atoms with Crippen LogP contribution >= 0.6 is 0 Å². The SMILES string of the molecule is CC1CC(c2cc(N3Cc4ccc(CN5CCC[C@H](C)C5)cc4S3(=O)=O)cc(C(F)(F)F)c2)(c2nncn2C)C1. The number of aromatic nitrogens is 3. The molecule has 1 saturated heterocycles. The fourth-order valence-electron chi connectivity index (χ4n) is 6.93. The Morgan fingerprint density at radius 2 is 1.85 bits per heavy atom. The molecule has 2 aromatic carbocycles. The van der Waals surface area contributed by atoms with Gasteiger partial charge in [-0.25, -0.2) is 8.42 Å². The molecule has 2 aliphatic heterocycles. The van der Waals surface area contributed by atoms with Gasteiger partial charge in [0.05, 0.1) is 28.1 Å². The summed E-state index contributed by atoms with van der Waals surface area (Å²) in [5.41, 5.74) is 0.288. The van der Waals surface area contributed by atoms with E-state index in [-0.39, 0.29) is 23.0 Å². The number of rotatable bonds is 5. The van der Waals surface area contributed by atoms with Crippen LogP contribution in [0.25, 0.3) is 0 Å². The van der Waals surface area contributed by atoms with E-state index in [1.54, 1.807) is 29.8 Å². The van der Waals surface area contributed by atoms with Crippen LogP contribution in [0.5, 0.6) is 0 Å². The third-order valence-corrected chi connectivity index (χ3v) is 10.6. The molecule has 0 N–H and O–H groups in total. The number of hydrogen-bond acceptors (Lipinski definition) is 5. The smallest absolute Gasteiger partial charge is 0.320 e. The lowest BCUT2D eigenvalue weighted by atomic mass is 9.58. The van der Waals surface area contributed by atoms with Crippen molar-refractivity contribution < 1.29 is 21.6 Å². The first-order valence-electron chi connectivity index (χ1n) is 13.8. The molecule has 214 valence electrons. The van der Waals surface area contributed by atoms with E-state index < -0.39 is 27.2 Å². The van der Waals surface area contributed by atoms with Gasteiger partial charge in [0.15, 0.2) is 0 Å². The van der Waals surface area contributed by atoms with Crippen molar-refractivity contribution in [3.8, 4) is 0 Å². The van der Waals surface area contributed by atoms with E-state index >= 15 is 0 Å². The van der Waals surface area contributed by atoms with Crippen LogP contribution in [0.3, 0.4) is 0 Å². The number of aryl methyl sites for hydroxylation is 1. The van der Waals surface area contributed by atoms with Gasteiger partial charge in [0.2, 0.25) is 0 Å². The lowest BCUT2D eigenvalue weighted by Crippen LogP contribution is -2.43. The topological polar surface area (TPSA) is 71.3 Å². The second-order valence-electron chi connectivity index (χ2n) is 12.1. The average molecular weight is 574 g/mol. The van der Waals surface area contributed by atoms with E-state index in [9.17, 15) is 21.6 Å².